The molecule has 0 radical (unpaired) electrons. The van der Waals surface area contributed by atoms with Crippen LogP contribution in [0.5, 0.6) is 0 Å². The van der Waals surface area contributed by atoms with Gasteiger partial charge in [-0.2, -0.15) is 0 Å². The Hall–Kier alpha value is -0.900. The van der Waals surface area contributed by atoms with Crippen LogP contribution in [-0.2, 0) is 19.3 Å². The largest absolute Gasteiger partial charge is 0.139 e. The third-order valence-electron chi connectivity index (χ3n) is 4.35. The molecule has 0 saturated carbocycles. The van der Waals surface area contributed by atoms with Crippen molar-refractivity contribution in [1.29, 1.82) is 0 Å². The standard InChI is InChI=1S/C20H24S3/c1-6-14-10-17(22-13(14)5)20-16(8-3)11-18(23-20)19-15(7-2)9-12(4)21-19/h9-11H,6-8H2,1-5H3. The number of rotatable bonds is 5. The zero-order valence-electron chi connectivity index (χ0n) is 14.6. The van der Waals surface area contributed by atoms with Gasteiger partial charge in [0.2, 0.25) is 0 Å². The van der Waals surface area contributed by atoms with Crippen molar-refractivity contribution in [3.63, 3.8) is 0 Å². The molecular formula is C20H24S3. The van der Waals surface area contributed by atoms with E-state index in [0.29, 0.717) is 0 Å². The Kier molecular flexibility index (Phi) is 5.10. The van der Waals surface area contributed by atoms with Crippen molar-refractivity contribution in [3.8, 4) is 19.5 Å². The van der Waals surface area contributed by atoms with E-state index in [-0.39, 0.29) is 0 Å². The predicted octanol–water partition coefficient (Wildman–Crippen LogP) is 7.51. The molecule has 0 unspecified atom stereocenters. The quantitative estimate of drug-likeness (QED) is 0.441. The summed E-state index contributed by atoms with van der Waals surface area (Å²) in [7, 11) is 0. The Morgan fingerprint density at radius 1 is 0.652 bits per heavy atom. The van der Waals surface area contributed by atoms with E-state index < -0.39 is 0 Å². The van der Waals surface area contributed by atoms with Crippen LogP contribution in [0, 0.1) is 13.8 Å². The van der Waals surface area contributed by atoms with Crippen molar-refractivity contribution < 1.29 is 0 Å². The van der Waals surface area contributed by atoms with Crippen LogP contribution in [0.25, 0.3) is 19.5 Å². The van der Waals surface area contributed by atoms with Gasteiger partial charge in [0.25, 0.3) is 0 Å². The molecule has 0 aliphatic heterocycles. The Balaban J connectivity index is 2.10. The molecule has 0 spiro atoms. The average Bonchev–Trinajstić information content (AvgIpc) is 3.22. The van der Waals surface area contributed by atoms with Gasteiger partial charge in [0, 0.05) is 29.3 Å². The highest BCUT2D eigenvalue weighted by Gasteiger charge is 2.17. The van der Waals surface area contributed by atoms with Gasteiger partial charge >= 0.3 is 0 Å². The molecule has 0 nitrogen and oxygen atoms in total. The van der Waals surface area contributed by atoms with Gasteiger partial charge in [-0.05, 0) is 68.0 Å². The second kappa shape index (κ2) is 6.92. The van der Waals surface area contributed by atoms with Gasteiger partial charge < -0.3 is 0 Å². The highest BCUT2D eigenvalue weighted by molar-refractivity contribution is 7.26. The summed E-state index contributed by atoms with van der Waals surface area (Å²) in [5.41, 5.74) is 4.50. The minimum Gasteiger partial charge on any atom is -0.139 e. The molecule has 122 valence electrons. The molecule has 0 aliphatic carbocycles. The molecular weight excluding hydrogens is 336 g/mol. The van der Waals surface area contributed by atoms with Gasteiger partial charge in [0.1, 0.15) is 0 Å². The van der Waals surface area contributed by atoms with E-state index in [2.05, 4.69) is 52.8 Å². The maximum absolute atomic E-state index is 2.44. The van der Waals surface area contributed by atoms with Gasteiger partial charge in [-0.3, -0.25) is 0 Å². The van der Waals surface area contributed by atoms with Crippen molar-refractivity contribution in [2.45, 2.75) is 53.9 Å². The fourth-order valence-electron chi connectivity index (χ4n) is 3.03. The van der Waals surface area contributed by atoms with Crippen LogP contribution >= 0.6 is 34.0 Å². The lowest BCUT2D eigenvalue weighted by Crippen LogP contribution is -1.78. The lowest BCUT2D eigenvalue weighted by atomic mass is 10.1. The Morgan fingerprint density at radius 3 is 1.78 bits per heavy atom. The molecule has 3 heteroatoms. The van der Waals surface area contributed by atoms with Crippen molar-refractivity contribution >= 4 is 34.0 Å². The number of hydrogen-bond acceptors (Lipinski definition) is 3. The molecule has 3 aromatic rings. The van der Waals surface area contributed by atoms with E-state index in [1.807, 2.05) is 34.0 Å². The highest BCUT2D eigenvalue weighted by atomic mass is 32.1. The second-order valence-electron chi connectivity index (χ2n) is 5.93. The van der Waals surface area contributed by atoms with Gasteiger partial charge in [0.05, 0.1) is 0 Å². The summed E-state index contributed by atoms with van der Waals surface area (Å²) in [6.45, 7) is 11.3. The Morgan fingerprint density at radius 2 is 1.17 bits per heavy atom. The first-order valence-electron chi connectivity index (χ1n) is 8.39. The smallest absolute Gasteiger partial charge is 0.0481 e. The van der Waals surface area contributed by atoms with Gasteiger partial charge in [0.15, 0.2) is 0 Å². The molecule has 0 N–H and O–H groups in total. The minimum absolute atomic E-state index is 1.11. The fourth-order valence-corrected chi connectivity index (χ4v) is 6.78. The van der Waals surface area contributed by atoms with E-state index in [1.165, 1.54) is 46.0 Å². The Labute approximate surface area is 151 Å². The van der Waals surface area contributed by atoms with Crippen LogP contribution in [0.4, 0.5) is 0 Å². The first-order chi connectivity index (χ1) is 11.1. The van der Waals surface area contributed by atoms with E-state index in [9.17, 15) is 0 Å². The van der Waals surface area contributed by atoms with Gasteiger partial charge in [-0.25, -0.2) is 0 Å². The molecule has 23 heavy (non-hydrogen) atoms. The normalized spacial score (nSPS) is 11.3. The molecule has 0 bridgehead atoms. The molecule has 0 aromatic carbocycles. The summed E-state index contributed by atoms with van der Waals surface area (Å²) in [6, 6.07) is 7.20. The zero-order chi connectivity index (χ0) is 16.6. The summed E-state index contributed by atoms with van der Waals surface area (Å²) in [5, 5.41) is 0. The Bertz CT molecular complexity index is 814. The predicted molar refractivity (Wildman–Crippen MR) is 109 cm³/mol. The maximum Gasteiger partial charge on any atom is 0.0481 e. The van der Waals surface area contributed by atoms with Crippen molar-refractivity contribution in [1.82, 2.24) is 0 Å². The van der Waals surface area contributed by atoms with Crippen LogP contribution in [0.3, 0.4) is 0 Å². The van der Waals surface area contributed by atoms with Crippen molar-refractivity contribution in [2.24, 2.45) is 0 Å². The summed E-state index contributed by atoms with van der Waals surface area (Å²) >= 11 is 5.89. The summed E-state index contributed by atoms with van der Waals surface area (Å²) in [6.07, 6.45) is 3.36. The summed E-state index contributed by atoms with van der Waals surface area (Å²) < 4.78 is 0. The van der Waals surface area contributed by atoms with Crippen molar-refractivity contribution in [2.75, 3.05) is 0 Å². The third kappa shape index (κ3) is 3.19. The van der Waals surface area contributed by atoms with Crippen molar-refractivity contribution in [3.05, 3.63) is 44.6 Å². The minimum atomic E-state index is 1.11. The molecule has 0 saturated heterocycles. The SMILES string of the molecule is CCc1cc(-c2sc(-c3sc(C)cc3CC)cc2CC)sc1C. The van der Waals surface area contributed by atoms with Crippen LogP contribution in [0.2, 0.25) is 0 Å². The zero-order valence-corrected chi connectivity index (χ0v) is 17.0. The topological polar surface area (TPSA) is 0 Å². The van der Waals surface area contributed by atoms with Gasteiger partial charge in [-0.15, -0.1) is 34.0 Å². The molecule has 0 atom stereocenters. The summed E-state index contributed by atoms with van der Waals surface area (Å²) in [4.78, 5) is 8.78. The van der Waals surface area contributed by atoms with E-state index >= 15 is 0 Å². The molecule has 3 aromatic heterocycles. The molecule has 0 fully saturated rings. The lowest BCUT2D eigenvalue weighted by Gasteiger charge is -1.97. The van der Waals surface area contributed by atoms with Crippen LogP contribution in [0.15, 0.2) is 18.2 Å². The van der Waals surface area contributed by atoms with Gasteiger partial charge in [-0.1, -0.05) is 20.8 Å². The molecule has 0 aliphatic rings. The molecule has 0 amide bonds. The number of hydrogen-bond donors (Lipinski definition) is 0. The monoisotopic (exact) mass is 360 g/mol. The van der Waals surface area contributed by atoms with Crippen LogP contribution in [-0.4, -0.2) is 0 Å². The third-order valence-corrected chi connectivity index (χ3v) is 8.07. The summed E-state index contributed by atoms with van der Waals surface area (Å²) in [5.74, 6) is 0. The first-order valence-corrected chi connectivity index (χ1v) is 10.8. The lowest BCUT2D eigenvalue weighted by molar-refractivity contribution is 1.13. The van der Waals surface area contributed by atoms with Crippen LogP contribution < -0.4 is 0 Å². The highest BCUT2D eigenvalue weighted by Crippen LogP contribution is 2.45. The molecule has 3 heterocycles. The average molecular weight is 361 g/mol. The molecule has 3 rings (SSSR count). The van der Waals surface area contributed by atoms with E-state index in [1.54, 1.807) is 0 Å². The number of thiophene rings is 3. The van der Waals surface area contributed by atoms with E-state index in [4.69, 9.17) is 0 Å². The fraction of sp³-hybridized carbons (Fsp3) is 0.400. The first kappa shape index (κ1) is 16.9. The number of aryl methyl sites for hydroxylation is 5. The second-order valence-corrected chi connectivity index (χ2v) is 9.49. The van der Waals surface area contributed by atoms with E-state index in [0.717, 1.165) is 19.3 Å². The maximum atomic E-state index is 2.44. The van der Waals surface area contributed by atoms with Crippen LogP contribution in [0.1, 0.15) is 47.2 Å².